The molecule has 1 aliphatic rings. The highest BCUT2D eigenvalue weighted by molar-refractivity contribution is 7.15. The number of fused-ring (bicyclic) bond motifs is 1. The average Bonchev–Trinajstić information content (AvgIpc) is 2.90. The lowest BCUT2D eigenvalue weighted by molar-refractivity contribution is 0.311. The van der Waals surface area contributed by atoms with Gasteiger partial charge < -0.3 is 14.7 Å². The molecular weight excluding hydrogens is 334 g/mol. The summed E-state index contributed by atoms with van der Waals surface area (Å²) < 4.78 is 5.83. The number of ether oxygens (including phenoxy) is 1. The fourth-order valence-corrected chi connectivity index (χ4v) is 3.90. The van der Waals surface area contributed by atoms with Gasteiger partial charge in [-0.1, -0.05) is 0 Å². The van der Waals surface area contributed by atoms with Gasteiger partial charge in [0.25, 0.3) is 0 Å². The smallest absolute Gasteiger partial charge is 0.166 e. The zero-order valence-corrected chi connectivity index (χ0v) is 15.0. The summed E-state index contributed by atoms with van der Waals surface area (Å²) in [6.07, 6.45) is 1.77. The topological polar surface area (TPSA) is 58.5 Å². The summed E-state index contributed by atoms with van der Waals surface area (Å²) >= 11 is 1.72. The first kappa shape index (κ1) is 15.9. The molecule has 3 aromatic rings. The molecule has 0 spiro atoms. The fourth-order valence-electron chi connectivity index (χ4n) is 3.05. The van der Waals surface area contributed by atoms with Crippen LogP contribution in [0, 0.1) is 13.8 Å². The van der Waals surface area contributed by atoms with Crippen LogP contribution < -0.4 is 9.64 Å². The third kappa shape index (κ3) is 3.17. The normalized spacial score (nSPS) is 13.9. The Morgan fingerprint density at radius 1 is 1.20 bits per heavy atom. The van der Waals surface area contributed by atoms with E-state index in [9.17, 15) is 5.11 Å². The monoisotopic (exact) mass is 353 g/mol. The van der Waals surface area contributed by atoms with Crippen LogP contribution in [0.2, 0.25) is 0 Å². The maximum absolute atomic E-state index is 10.5. The Morgan fingerprint density at radius 3 is 2.84 bits per heavy atom. The average molecular weight is 353 g/mol. The molecule has 5 nitrogen and oxygen atoms in total. The second-order valence-corrected chi connectivity index (χ2v) is 7.41. The summed E-state index contributed by atoms with van der Waals surface area (Å²) in [7, 11) is 0. The van der Waals surface area contributed by atoms with Crippen molar-refractivity contribution in [2.75, 3.05) is 18.1 Å². The molecule has 0 aliphatic carbocycles. The Balaban J connectivity index is 1.73. The van der Waals surface area contributed by atoms with Crippen LogP contribution in [0.3, 0.4) is 0 Å². The van der Waals surface area contributed by atoms with Gasteiger partial charge in [0.1, 0.15) is 18.2 Å². The molecule has 0 saturated carbocycles. The van der Waals surface area contributed by atoms with E-state index in [0.717, 1.165) is 27.6 Å². The molecule has 0 fully saturated rings. The number of rotatable bonds is 2. The lowest BCUT2D eigenvalue weighted by Gasteiger charge is -2.21. The number of benzene rings is 1. The number of nitrogens with zero attached hydrogens (tertiary/aromatic N) is 3. The molecule has 0 saturated heterocycles. The Morgan fingerprint density at radius 2 is 2.08 bits per heavy atom. The van der Waals surface area contributed by atoms with E-state index in [2.05, 4.69) is 40.0 Å². The minimum Gasteiger partial charge on any atom is -0.504 e. The zero-order chi connectivity index (χ0) is 17.4. The van der Waals surface area contributed by atoms with Crippen LogP contribution in [-0.4, -0.2) is 28.2 Å². The number of anilines is 1. The highest BCUT2D eigenvalue weighted by Crippen LogP contribution is 2.39. The number of phenolic OH excluding ortho intramolecular Hbond substituents is 1. The quantitative estimate of drug-likeness (QED) is 0.756. The molecule has 0 amide bonds. The molecule has 0 bridgehead atoms. The van der Waals surface area contributed by atoms with Crippen LogP contribution in [0.1, 0.15) is 16.3 Å². The standard InChI is InChI=1S/C19H19N3O2S/c1-12-3-4-17(25-12)14-9-15-11-22(18-5-6-20-13(2)21-18)7-8-24-19(15)16(23)10-14/h3-6,9-10,23H,7-8,11H2,1-2H3. The Kier molecular flexibility index (Phi) is 4.05. The molecule has 6 heteroatoms. The van der Waals surface area contributed by atoms with E-state index in [1.807, 2.05) is 13.0 Å². The van der Waals surface area contributed by atoms with Crippen molar-refractivity contribution in [1.29, 1.82) is 0 Å². The van der Waals surface area contributed by atoms with Crippen molar-refractivity contribution in [2.24, 2.45) is 0 Å². The molecule has 1 aliphatic heterocycles. The second-order valence-electron chi connectivity index (χ2n) is 6.13. The SMILES string of the molecule is Cc1nccc(N2CCOc3c(O)cc(-c4ccc(C)s4)cc3C2)n1. The fraction of sp³-hybridized carbons (Fsp3) is 0.263. The number of aromatic hydroxyl groups is 1. The largest absolute Gasteiger partial charge is 0.504 e. The van der Waals surface area contributed by atoms with Gasteiger partial charge in [-0.2, -0.15) is 0 Å². The van der Waals surface area contributed by atoms with Gasteiger partial charge >= 0.3 is 0 Å². The number of hydrogen-bond donors (Lipinski definition) is 1. The predicted octanol–water partition coefficient (Wildman–Crippen LogP) is 3.93. The number of aryl methyl sites for hydroxylation is 2. The third-order valence-corrected chi connectivity index (χ3v) is 5.28. The summed E-state index contributed by atoms with van der Waals surface area (Å²) in [6.45, 7) is 5.81. The van der Waals surface area contributed by atoms with Crippen molar-refractivity contribution in [3.8, 4) is 21.9 Å². The van der Waals surface area contributed by atoms with Crippen LogP contribution >= 0.6 is 11.3 Å². The summed E-state index contributed by atoms with van der Waals surface area (Å²) in [5, 5.41) is 10.5. The van der Waals surface area contributed by atoms with E-state index in [1.54, 1.807) is 23.6 Å². The molecule has 0 radical (unpaired) electrons. The highest BCUT2D eigenvalue weighted by Gasteiger charge is 2.21. The Labute approximate surface area is 150 Å². The molecule has 1 N–H and O–H groups in total. The minimum atomic E-state index is 0.194. The maximum atomic E-state index is 10.5. The van der Waals surface area contributed by atoms with Gasteiger partial charge in [0.05, 0.1) is 6.54 Å². The van der Waals surface area contributed by atoms with Crippen molar-refractivity contribution >= 4 is 17.2 Å². The van der Waals surface area contributed by atoms with Crippen molar-refractivity contribution in [3.05, 3.63) is 52.8 Å². The number of thiophene rings is 1. The van der Waals surface area contributed by atoms with Gasteiger partial charge in [0.15, 0.2) is 11.5 Å². The first-order valence-corrected chi connectivity index (χ1v) is 9.02. The van der Waals surface area contributed by atoms with E-state index in [0.29, 0.717) is 25.4 Å². The summed E-state index contributed by atoms with van der Waals surface area (Å²) in [4.78, 5) is 13.2. The van der Waals surface area contributed by atoms with Gasteiger partial charge in [0.2, 0.25) is 0 Å². The number of hydrogen-bond acceptors (Lipinski definition) is 6. The summed E-state index contributed by atoms with van der Waals surface area (Å²) in [5.74, 6) is 2.39. The lowest BCUT2D eigenvalue weighted by Crippen LogP contribution is -2.26. The molecule has 25 heavy (non-hydrogen) atoms. The van der Waals surface area contributed by atoms with E-state index in [-0.39, 0.29) is 5.75 Å². The van der Waals surface area contributed by atoms with Gasteiger partial charge in [-0.05, 0) is 49.7 Å². The molecule has 3 heterocycles. The number of phenols is 1. The van der Waals surface area contributed by atoms with E-state index in [1.165, 1.54) is 4.88 Å². The lowest BCUT2D eigenvalue weighted by atomic mass is 10.1. The molecule has 128 valence electrons. The predicted molar refractivity (Wildman–Crippen MR) is 99.5 cm³/mol. The van der Waals surface area contributed by atoms with Crippen molar-refractivity contribution < 1.29 is 9.84 Å². The molecule has 1 aromatic carbocycles. The molecule has 2 aromatic heterocycles. The minimum absolute atomic E-state index is 0.194. The Hall–Kier alpha value is -2.60. The van der Waals surface area contributed by atoms with Gasteiger partial charge in [0, 0.05) is 28.1 Å². The molecular formula is C19H19N3O2S. The van der Waals surface area contributed by atoms with Crippen molar-refractivity contribution in [1.82, 2.24) is 9.97 Å². The van der Waals surface area contributed by atoms with Crippen LogP contribution in [0.4, 0.5) is 5.82 Å². The highest BCUT2D eigenvalue weighted by atomic mass is 32.1. The van der Waals surface area contributed by atoms with Crippen LogP contribution in [-0.2, 0) is 6.54 Å². The van der Waals surface area contributed by atoms with E-state index < -0.39 is 0 Å². The van der Waals surface area contributed by atoms with E-state index in [4.69, 9.17) is 4.74 Å². The second kappa shape index (κ2) is 6.37. The molecule has 0 atom stereocenters. The van der Waals surface area contributed by atoms with E-state index >= 15 is 0 Å². The van der Waals surface area contributed by atoms with Gasteiger partial charge in [-0.3, -0.25) is 0 Å². The van der Waals surface area contributed by atoms with Crippen LogP contribution in [0.15, 0.2) is 36.5 Å². The van der Waals surface area contributed by atoms with Crippen LogP contribution in [0.5, 0.6) is 11.5 Å². The summed E-state index contributed by atoms with van der Waals surface area (Å²) in [6, 6.07) is 9.98. The summed E-state index contributed by atoms with van der Waals surface area (Å²) in [5.41, 5.74) is 1.98. The molecule has 4 rings (SSSR count). The first-order chi connectivity index (χ1) is 12.1. The number of aromatic nitrogens is 2. The van der Waals surface area contributed by atoms with Gasteiger partial charge in [-0.25, -0.2) is 9.97 Å². The van der Waals surface area contributed by atoms with Crippen molar-refractivity contribution in [2.45, 2.75) is 20.4 Å². The zero-order valence-electron chi connectivity index (χ0n) is 14.2. The maximum Gasteiger partial charge on any atom is 0.166 e. The molecule has 0 unspecified atom stereocenters. The van der Waals surface area contributed by atoms with Gasteiger partial charge in [-0.15, -0.1) is 11.3 Å². The Bertz CT molecular complexity index is 923. The van der Waals surface area contributed by atoms with Crippen LogP contribution in [0.25, 0.3) is 10.4 Å². The first-order valence-electron chi connectivity index (χ1n) is 8.20. The third-order valence-electron chi connectivity index (χ3n) is 4.23. The van der Waals surface area contributed by atoms with Crippen molar-refractivity contribution in [3.63, 3.8) is 0 Å².